The van der Waals surface area contributed by atoms with Crippen molar-refractivity contribution in [2.24, 2.45) is 0 Å². The second kappa shape index (κ2) is 9.10. The quantitative estimate of drug-likeness (QED) is 0.529. The highest BCUT2D eigenvalue weighted by Crippen LogP contribution is 2.42. The molecule has 3 heterocycles. The van der Waals surface area contributed by atoms with E-state index in [4.69, 9.17) is 21.1 Å². The molecule has 184 valence electrons. The Labute approximate surface area is 202 Å². The van der Waals surface area contributed by atoms with Crippen LogP contribution in [0.4, 0.5) is 18.9 Å². The number of nitrogens with one attached hydrogen (secondary N) is 2. The van der Waals surface area contributed by atoms with Gasteiger partial charge in [0.15, 0.2) is 23.0 Å². The average molecular weight is 510 g/mol. The number of pyridine rings is 1. The van der Waals surface area contributed by atoms with Gasteiger partial charge in [0.25, 0.3) is 11.8 Å². The molecule has 35 heavy (non-hydrogen) atoms. The van der Waals surface area contributed by atoms with Gasteiger partial charge in [-0.15, -0.1) is 0 Å². The summed E-state index contributed by atoms with van der Waals surface area (Å²) in [5.41, 5.74) is -1.35. The minimum atomic E-state index is -4.83. The van der Waals surface area contributed by atoms with Crippen LogP contribution in [0.5, 0.6) is 11.5 Å². The molecule has 9 nitrogen and oxygen atoms in total. The summed E-state index contributed by atoms with van der Waals surface area (Å²) < 4.78 is 51.9. The second-order valence-electron chi connectivity index (χ2n) is 7.87. The van der Waals surface area contributed by atoms with Gasteiger partial charge in [-0.2, -0.15) is 18.3 Å². The van der Waals surface area contributed by atoms with Crippen molar-refractivity contribution in [3.8, 4) is 17.3 Å². The van der Waals surface area contributed by atoms with Gasteiger partial charge in [0.2, 0.25) is 6.79 Å². The molecule has 3 aromatic rings. The Morgan fingerprint density at radius 1 is 1.20 bits per heavy atom. The zero-order chi connectivity index (χ0) is 25.5. The number of halogens is 4. The topological polar surface area (TPSA) is 107 Å². The number of carbonyl (C=O) groups excluding carboxylic acids is 2. The number of hydrogen-bond acceptors (Lipinski definition) is 6. The molecule has 0 bridgehead atoms. The van der Waals surface area contributed by atoms with Crippen LogP contribution in [0.2, 0.25) is 5.02 Å². The maximum Gasteiger partial charge on any atom is 0.435 e. The second-order valence-corrected chi connectivity index (χ2v) is 8.28. The van der Waals surface area contributed by atoms with Crippen LogP contribution < -0.4 is 20.1 Å². The van der Waals surface area contributed by atoms with Crippen LogP contribution in [-0.2, 0) is 6.18 Å². The lowest BCUT2D eigenvalue weighted by Gasteiger charge is -2.17. The first-order valence-electron chi connectivity index (χ1n) is 10.3. The van der Waals surface area contributed by atoms with Crippen molar-refractivity contribution in [3.63, 3.8) is 0 Å². The van der Waals surface area contributed by atoms with E-state index in [1.54, 1.807) is 20.8 Å². The van der Waals surface area contributed by atoms with Crippen LogP contribution in [0.1, 0.15) is 46.0 Å². The van der Waals surface area contributed by atoms with Gasteiger partial charge in [-0.05, 0) is 39.0 Å². The van der Waals surface area contributed by atoms with Crippen molar-refractivity contribution in [1.82, 2.24) is 20.1 Å². The number of fused-ring (bicyclic) bond motifs is 1. The number of nitrogens with zero attached hydrogens (tertiary/aromatic N) is 3. The maximum absolute atomic E-state index is 13.4. The Morgan fingerprint density at radius 2 is 1.94 bits per heavy atom. The molecule has 0 radical (unpaired) electrons. The highest BCUT2D eigenvalue weighted by atomic mass is 35.5. The summed E-state index contributed by atoms with van der Waals surface area (Å²) >= 11 is 6.10. The normalized spacial score (nSPS) is 12.7. The van der Waals surface area contributed by atoms with E-state index < -0.39 is 29.4 Å². The van der Waals surface area contributed by atoms with Crippen LogP contribution in [0.15, 0.2) is 30.5 Å². The standard InChI is InChI=1S/C22H19ClF3N5O4/c1-10(2)28-20(32)12-7-15-18(35-9-34-15)11(3)17(12)29-21(33)14-8-16(22(24,25)26)30-31(14)19-13(23)5-4-6-27-19/h4-8,10H,9H2,1-3H3,(H,28,32)(H,29,33). The van der Waals surface area contributed by atoms with E-state index in [1.807, 2.05) is 0 Å². The maximum atomic E-state index is 13.4. The smallest absolute Gasteiger partial charge is 0.435 e. The van der Waals surface area contributed by atoms with Gasteiger partial charge in [-0.1, -0.05) is 11.6 Å². The minimum Gasteiger partial charge on any atom is -0.454 e. The molecular weight excluding hydrogens is 491 g/mol. The van der Waals surface area contributed by atoms with E-state index in [-0.39, 0.29) is 34.9 Å². The summed E-state index contributed by atoms with van der Waals surface area (Å²) in [6.45, 7) is 5.01. The van der Waals surface area contributed by atoms with E-state index in [0.717, 1.165) is 0 Å². The Morgan fingerprint density at radius 3 is 2.60 bits per heavy atom. The molecule has 4 rings (SSSR count). The van der Waals surface area contributed by atoms with E-state index in [0.29, 0.717) is 27.8 Å². The third-order valence-electron chi connectivity index (χ3n) is 4.98. The zero-order valence-corrected chi connectivity index (χ0v) is 19.4. The fourth-order valence-corrected chi connectivity index (χ4v) is 3.64. The predicted octanol–water partition coefficient (Wildman–Crippen LogP) is 4.37. The third kappa shape index (κ3) is 4.74. The molecule has 0 saturated carbocycles. The molecule has 0 aliphatic carbocycles. The summed E-state index contributed by atoms with van der Waals surface area (Å²) in [5, 5.41) is 8.75. The molecule has 0 spiro atoms. The molecule has 13 heteroatoms. The Hall–Kier alpha value is -3.80. The molecular formula is C22H19ClF3N5O4. The average Bonchev–Trinajstić information content (AvgIpc) is 3.42. The molecule has 0 unspecified atom stereocenters. The Balaban J connectivity index is 1.81. The molecule has 2 aromatic heterocycles. The number of hydrogen-bond donors (Lipinski definition) is 2. The monoisotopic (exact) mass is 509 g/mol. The van der Waals surface area contributed by atoms with Gasteiger partial charge in [0.05, 0.1) is 16.3 Å². The van der Waals surface area contributed by atoms with Crippen molar-refractivity contribution >= 4 is 29.1 Å². The lowest BCUT2D eigenvalue weighted by molar-refractivity contribution is -0.141. The van der Waals surface area contributed by atoms with E-state index in [1.165, 1.54) is 24.4 Å². The van der Waals surface area contributed by atoms with Crippen molar-refractivity contribution in [2.45, 2.75) is 33.0 Å². The van der Waals surface area contributed by atoms with Gasteiger partial charge < -0.3 is 20.1 Å². The van der Waals surface area contributed by atoms with Crippen molar-refractivity contribution in [3.05, 3.63) is 58.0 Å². The largest absolute Gasteiger partial charge is 0.454 e. The fraction of sp³-hybridized carbons (Fsp3) is 0.273. The van der Waals surface area contributed by atoms with Crippen LogP contribution in [0.25, 0.3) is 5.82 Å². The first-order chi connectivity index (χ1) is 16.5. The van der Waals surface area contributed by atoms with Gasteiger partial charge in [-0.25, -0.2) is 9.67 Å². The molecule has 1 aliphatic heterocycles. The summed E-state index contributed by atoms with van der Waals surface area (Å²) in [7, 11) is 0. The lowest BCUT2D eigenvalue weighted by Crippen LogP contribution is -2.31. The summed E-state index contributed by atoms with van der Waals surface area (Å²) in [5.74, 6) is -1.06. The molecule has 2 N–H and O–H groups in total. The zero-order valence-electron chi connectivity index (χ0n) is 18.7. The number of ether oxygens (including phenoxy) is 2. The molecule has 0 fully saturated rings. The third-order valence-corrected chi connectivity index (χ3v) is 5.27. The Kier molecular flexibility index (Phi) is 6.32. The summed E-state index contributed by atoms with van der Waals surface area (Å²) in [4.78, 5) is 30.1. The van der Waals surface area contributed by atoms with Gasteiger partial charge in [0.1, 0.15) is 5.69 Å². The number of aromatic nitrogens is 3. The molecule has 1 aromatic carbocycles. The molecule has 0 saturated heterocycles. The van der Waals surface area contributed by atoms with E-state index in [9.17, 15) is 22.8 Å². The number of anilines is 1. The van der Waals surface area contributed by atoms with Gasteiger partial charge >= 0.3 is 6.18 Å². The van der Waals surface area contributed by atoms with Gasteiger partial charge in [-0.3, -0.25) is 9.59 Å². The fourth-order valence-electron chi connectivity index (χ4n) is 3.44. The van der Waals surface area contributed by atoms with Crippen LogP contribution in [0, 0.1) is 6.92 Å². The van der Waals surface area contributed by atoms with Crippen molar-refractivity contribution in [1.29, 1.82) is 0 Å². The number of benzene rings is 1. The van der Waals surface area contributed by atoms with Crippen molar-refractivity contribution in [2.75, 3.05) is 12.1 Å². The number of carbonyl (C=O) groups is 2. The first kappa shape index (κ1) is 24.3. The van der Waals surface area contributed by atoms with Gasteiger partial charge in [0, 0.05) is 23.9 Å². The highest BCUT2D eigenvalue weighted by molar-refractivity contribution is 6.32. The predicted molar refractivity (Wildman–Crippen MR) is 119 cm³/mol. The minimum absolute atomic E-state index is 0.0189. The molecule has 1 aliphatic rings. The Bertz CT molecular complexity index is 1320. The first-order valence-corrected chi connectivity index (χ1v) is 10.7. The van der Waals surface area contributed by atoms with E-state index >= 15 is 0 Å². The van der Waals surface area contributed by atoms with Crippen LogP contribution in [-0.4, -0.2) is 39.4 Å². The van der Waals surface area contributed by atoms with Crippen LogP contribution in [0.3, 0.4) is 0 Å². The van der Waals surface area contributed by atoms with E-state index in [2.05, 4.69) is 20.7 Å². The van der Waals surface area contributed by atoms with Crippen LogP contribution >= 0.6 is 11.6 Å². The number of rotatable bonds is 5. The molecule has 0 atom stereocenters. The SMILES string of the molecule is Cc1c(NC(=O)c2cc(C(F)(F)F)nn2-c2ncccc2Cl)c(C(=O)NC(C)C)cc2c1OCO2. The van der Waals surface area contributed by atoms with Crippen molar-refractivity contribution < 1.29 is 32.2 Å². The highest BCUT2D eigenvalue weighted by Gasteiger charge is 2.37. The number of amides is 2. The molecule has 2 amide bonds. The summed E-state index contributed by atoms with van der Waals surface area (Å²) in [6.07, 6.45) is -3.54. The lowest BCUT2D eigenvalue weighted by atomic mass is 10.0. The number of alkyl halides is 3. The summed E-state index contributed by atoms with van der Waals surface area (Å²) in [6, 6.07) is 4.64.